The predicted octanol–water partition coefficient (Wildman–Crippen LogP) is 3.10. The highest BCUT2D eigenvalue weighted by Crippen LogP contribution is 2.22. The molecule has 3 aromatic rings. The number of rotatable bonds is 2. The van der Waals surface area contributed by atoms with E-state index in [0.717, 1.165) is 16.8 Å². The van der Waals surface area contributed by atoms with Crippen molar-refractivity contribution in [2.75, 3.05) is 0 Å². The zero-order chi connectivity index (χ0) is 14.1. The van der Waals surface area contributed by atoms with Crippen LogP contribution in [0.5, 0.6) is 0 Å². The summed E-state index contributed by atoms with van der Waals surface area (Å²) in [6, 6.07) is 16.8. The van der Waals surface area contributed by atoms with Crippen molar-refractivity contribution in [1.82, 2.24) is 4.57 Å². The summed E-state index contributed by atoms with van der Waals surface area (Å²) >= 11 is 6.17. The molecule has 4 heteroatoms. The molecule has 0 amide bonds. The van der Waals surface area contributed by atoms with E-state index in [1.54, 1.807) is 10.6 Å². The summed E-state index contributed by atoms with van der Waals surface area (Å²) < 4.78 is 1.62. The molecule has 0 radical (unpaired) electrons. The predicted molar refractivity (Wildman–Crippen MR) is 82.4 cm³/mol. The van der Waals surface area contributed by atoms with E-state index in [4.69, 9.17) is 17.3 Å². The number of hydrogen-bond acceptors (Lipinski definition) is 2. The molecule has 0 unspecified atom stereocenters. The molecule has 3 nitrogen and oxygen atoms in total. The maximum atomic E-state index is 12.8. The smallest absolute Gasteiger partial charge is 0.264 e. The first-order chi connectivity index (χ1) is 9.72. The summed E-state index contributed by atoms with van der Waals surface area (Å²) in [6.45, 7) is 0.284. The zero-order valence-electron chi connectivity index (χ0n) is 10.7. The van der Waals surface area contributed by atoms with Crippen molar-refractivity contribution in [2.24, 2.45) is 5.73 Å². The monoisotopic (exact) mass is 284 g/mol. The van der Waals surface area contributed by atoms with Crippen molar-refractivity contribution in [3.63, 3.8) is 0 Å². The van der Waals surface area contributed by atoms with Crippen LogP contribution < -0.4 is 11.3 Å². The van der Waals surface area contributed by atoms with Crippen molar-refractivity contribution < 1.29 is 0 Å². The molecular weight excluding hydrogens is 272 g/mol. The number of aromatic nitrogens is 1. The van der Waals surface area contributed by atoms with Gasteiger partial charge in [-0.1, -0.05) is 41.9 Å². The molecule has 0 saturated carbocycles. The maximum absolute atomic E-state index is 12.8. The van der Waals surface area contributed by atoms with E-state index in [0.29, 0.717) is 10.4 Å². The van der Waals surface area contributed by atoms with Gasteiger partial charge in [0, 0.05) is 17.9 Å². The second kappa shape index (κ2) is 5.12. The van der Waals surface area contributed by atoms with E-state index < -0.39 is 0 Å². The second-order valence-corrected chi connectivity index (χ2v) is 4.93. The second-order valence-electron chi connectivity index (χ2n) is 4.52. The van der Waals surface area contributed by atoms with Crippen LogP contribution in [0.2, 0.25) is 5.02 Å². The first kappa shape index (κ1) is 12.9. The summed E-state index contributed by atoms with van der Waals surface area (Å²) in [5.74, 6) is 0. The molecule has 2 N–H and O–H groups in total. The highest BCUT2D eigenvalue weighted by molar-refractivity contribution is 6.35. The Kier molecular flexibility index (Phi) is 3.30. The van der Waals surface area contributed by atoms with Crippen LogP contribution in [0, 0.1) is 0 Å². The summed E-state index contributed by atoms with van der Waals surface area (Å²) in [6.07, 6.45) is 0. The van der Waals surface area contributed by atoms with Gasteiger partial charge in [0.25, 0.3) is 5.56 Å². The lowest BCUT2D eigenvalue weighted by Crippen LogP contribution is -2.23. The number of nitrogens with two attached hydrogens (primary N) is 1. The molecular formula is C16H13ClN2O. The van der Waals surface area contributed by atoms with Gasteiger partial charge in [-0.25, -0.2) is 0 Å². The Morgan fingerprint density at radius 1 is 1.05 bits per heavy atom. The van der Waals surface area contributed by atoms with Crippen molar-refractivity contribution in [2.45, 2.75) is 6.54 Å². The van der Waals surface area contributed by atoms with Gasteiger partial charge in [0.2, 0.25) is 0 Å². The number of hydrogen-bond donors (Lipinski definition) is 1. The molecule has 20 heavy (non-hydrogen) atoms. The Bertz CT molecular complexity index is 825. The van der Waals surface area contributed by atoms with Gasteiger partial charge in [0.1, 0.15) is 0 Å². The standard InChI is InChI=1S/C16H13ClN2O/c17-14-8-4-5-11-9-13(10-18)19(16(20)15(11)14)12-6-2-1-3-7-12/h1-9H,10,18H2. The van der Waals surface area contributed by atoms with Gasteiger partial charge in [-0.3, -0.25) is 9.36 Å². The molecule has 2 aromatic carbocycles. The molecule has 0 saturated heterocycles. The molecule has 0 fully saturated rings. The Balaban J connectivity index is 2.45. The Morgan fingerprint density at radius 3 is 2.50 bits per heavy atom. The molecule has 1 aromatic heterocycles. The van der Waals surface area contributed by atoms with Gasteiger partial charge < -0.3 is 5.73 Å². The third-order valence-corrected chi connectivity index (χ3v) is 3.61. The molecule has 1 heterocycles. The van der Waals surface area contributed by atoms with Crippen molar-refractivity contribution >= 4 is 22.4 Å². The van der Waals surface area contributed by atoms with Crippen LogP contribution in [0.4, 0.5) is 0 Å². The van der Waals surface area contributed by atoms with E-state index in [2.05, 4.69) is 0 Å². The number of para-hydroxylation sites is 1. The topological polar surface area (TPSA) is 48.0 Å². The van der Waals surface area contributed by atoms with E-state index in [9.17, 15) is 4.79 Å². The third kappa shape index (κ3) is 2.01. The summed E-state index contributed by atoms with van der Waals surface area (Å²) in [5.41, 5.74) is 7.21. The van der Waals surface area contributed by atoms with Crippen LogP contribution >= 0.6 is 11.6 Å². The average molecular weight is 285 g/mol. The molecule has 0 spiro atoms. The van der Waals surface area contributed by atoms with Crippen LogP contribution in [-0.2, 0) is 6.54 Å². The Labute approximate surface area is 121 Å². The maximum Gasteiger partial charge on any atom is 0.264 e. The normalized spacial score (nSPS) is 10.9. The number of fused-ring (bicyclic) bond motifs is 1. The molecule has 0 aliphatic carbocycles. The summed E-state index contributed by atoms with van der Waals surface area (Å²) in [7, 11) is 0. The van der Waals surface area contributed by atoms with E-state index in [1.165, 1.54) is 0 Å². The third-order valence-electron chi connectivity index (χ3n) is 3.30. The lowest BCUT2D eigenvalue weighted by Gasteiger charge is -2.13. The van der Waals surface area contributed by atoms with Gasteiger partial charge in [0.05, 0.1) is 10.4 Å². The van der Waals surface area contributed by atoms with E-state index in [-0.39, 0.29) is 12.1 Å². The van der Waals surface area contributed by atoms with Crippen LogP contribution in [-0.4, -0.2) is 4.57 Å². The SMILES string of the molecule is NCc1cc2cccc(Cl)c2c(=O)n1-c1ccccc1. The largest absolute Gasteiger partial charge is 0.325 e. The fourth-order valence-corrected chi connectivity index (χ4v) is 2.65. The van der Waals surface area contributed by atoms with Crippen LogP contribution in [0.1, 0.15) is 5.69 Å². The number of halogens is 1. The Hall–Kier alpha value is -2.10. The highest BCUT2D eigenvalue weighted by Gasteiger charge is 2.12. The van der Waals surface area contributed by atoms with Gasteiger partial charge in [-0.15, -0.1) is 0 Å². The number of benzene rings is 2. The van der Waals surface area contributed by atoms with Crippen molar-refractivity contribution in [1.29, 1.82) is 0 Å². The van der Waals surface area contributed by atoms with Crippen LogP contribution in [0.15, 0.2) is 59.4 Å². The van der Waals surface area contributed by atoms with Gasteiger partial charge in [-0.2, -0.15) is 0 Å². The van der Waals surface area contributed by atoms with Crippen molar-refractivity contribution in [3.8, 4) is 5.69 Å². The molecule has 0 aliphatic heterocycles. The summed E-state index contributed by atoms with van der Waals surface area (Å²) in [5, 5.41) is 1.80. The fourth-order valence-electron chi connectivity index (χ4n) is 2.38. The quantitative estimate of drug-likeness (QED) is 0.786. The fraction of sp³-hybridized carbons (Fsp3) is 0.0625. The Morgan fingerprint density at radius 2 is 1.80 bits per heavy atom. The minimum Gasteiger partial charge on any atom is -0.325 e. The number of pyridine rings is 1. The average Bonchev–Trinajstić information content (AvgIpc) is 2.47. The van der Waals surface area contributed by atoms with E-state index in [1.807, 2.05) is 48.5 Å². The number of nitrogens with zero attached hydrogens (tertiary/aromatic N) is 1. The lowest BCUT2D eigenvalue weighted by molar-refractivity contribution is 0.870. The minimum absolute atomic E-state index is 0.139. The highest BCUT2D eigenvalue weighted by atomic mass is 35.5. The van der Waals surface area contributed by atoms with Gasteiger partial charge in [-0.05, 0) is 29.7 Å². The van der Waals surface area contributed by atoms with Gasteiger partial charge >= 0.3 is 0 Å². The van der Waals surface area contributed by atoms with Crippen LogP contribution in [0.3, 0.4) is 0 Å². The lowest BCUT2D eigenvalue weighted by atomic mass is 10.1. The van der Waals surface area contributed by atoms with Gasteiger partial charge in [0.15, 0.2) is 0 Å². The summed E-state index contributed by atoms with van der Waals surface area (Å²) in [4.78, 5) is 12.8. The van der Waals surface area contributed by atoms with Crippen molar-refractivity contribution in [3.05, 3.63) is 75.7 Å². The molecule has 3 rings (SSSR count). The molecule has 0 aliphatic rings. The first-order valence-corrected chi connectivity index (χ1v) is 6.69. The zero-order valence-corrected chi connectivity index (χ0v) is 11.5. The van der Waals surface area contributed by atoms with E-state index >= 15 is 0 Å². The molecule has 0 atom stereocenters. The minimum atomic E-state index is -0.139. The molecule has 0 bridgehead atoms. The first-order valence-electron chi connectivity index (χ1n) is 6.31. The molecule has 100 valence electrons. The van der Waals surface area contributed by atoms with Crippen LogP contribution in [0.25, 0.3) is 16.5 Å².